The van der Waals surface area contributed by atoms with E-state index < -0.39 is 0 Å². The second kappa shape index (κ2) is 6.12. The van der Waals surface area contributed by atoms with Gasteiger partial charge in [-0.05, 0) is 36.3 Å². The summed E-state index contributed by atoms with van der Waals surface area (Å²) in [4.78, 5) is 1.49. The SMILES string of the molecule is CCC(CBr)(CBr)CC1Cc2ccccc2S1. The maximum Gasteiger partial charge on any atom is 0.0141 e. The summed E-state index contributed by atoms with van der Waals surface area (Å²) in [7, 11) is 0. The molecule has 17 heavy (non-hydrogen) atoms. The first-order chi connectivity index (χ1) is 8.23. The van der Waals surface area contributed by atoms with Gasteiger partial charge >= 0.3 is 0 Å². The fourth-order valence-corrected chi connectivity index (χ4v) is 6.03. The molecule has 1 aromatic carbocycles. The van der Waals surface area contributed by atoms with Gasteiger partial charge in [0.2, 0.25) is 0 Å². The summed E-state index contributed by atoms with van der Waals surface area (Å²) in [6.07, 6.45) is 3.76. The average molecular weight is 378 g/mol. The molecule has 0 saturated carbocycles. The van der Waals surface area contributed by atoms with Crippen molar-refractivity contribution in [1.29, 1.82) is 0 Å². The lowest BCUT2D eigenvalue weighted by Crippen LogP contribution is -2.28. The van der Waals surface area contributed by atoms with Gasteiger partial charge in [0.1, 0.15) is 0 Å². The second-order valence-corrected chi connectivity index (χ2v) is 7.34. The Bertz CT molecular complexity index is 341. The molecule has 0 spiro atoms. The van der Waals surface area contributed by atoms with E-state index in [0.717, 1.165) is 15.9 Å². The van der Waals surface area contributed by atoms with Crippen molar-refractivity contribution in [3.8, 4) is 0 Å². The van der Waals surface area contributed by atoms with Gasteiger partial charge in [-0.15, -0.1) is 11.8 Å². The molecule has 0 aromatic heterocycles. The molecule has 0 aliphatic carbocycles. The van der Waals surface area contributed by atoms with E-state index in [9.17, 15) is 0 Å². The Morgan fingerprint density at radius 2 is 2.00 bits per heavy atom. The van der Waals surface area contributed by atoms with Gasteiger partial charge in [-0.25, -0.2) is 0 Å². The molecule has 1 aliphatic heterocycles. The van der Waals surface area contributed by atoms with Crippen molar-refractivity contribution in [1.82, 2.24) is 0 Å². The zero-order valence-corrected chi connectivity index (χ0v) is 14.1. The van der Waals surface area contributed by atoms with Crippen LogP contribution in [0.1, 0.15) is 25.3 Å². The van der Waals surface area contributed by atoms with Gasteiger partial charge in [0.25, 0.3) is 0 Å². The van der Waals surface area contributed by atoms with E-state index in [1.807, 2.05) is 0 Å². The summed E-state index contributed by atoms with van der Waals surface area (Å²) in [5.41, 5.74) is 1.95. The normalized spacial score (nSPS) is 19.4. The molecule has 0 saturated heterocycles. The first-order valence-corrected chi connectivity index (χ1v) is 9.22. The quantitative estimate of drug-likeness (QED) is 0.629. The summed E-state index contributed by atoms with van der Waals surface area (Å²) in [5.74, 6) is 0. The molecule has 1 atom stereocenters. The lowest BCUT2D eigenvalue weighted by atomic mass is 9.84. The molecule has 1 heterocycles. The lowest BCUT2D eigenvalue weighted by Gasteiger charge is -2.31. The predicted molar refractivity (Wildman–Crippen MR) is 84.7 cm³/mol. The molecule has 94 valence electrons. The predicted octanol–water partition coefficient (Wildman–Crippen LogP) is 5.28. The van der Waals surface area contributed by atoms with Gasteiger partial charge in [-0.1, -0.05) is 57.0 Å². The van der Waals surface area contributed by atoms with Crippen LogP contribution in [0.25, 0.3) is 0 Å². The van der Waals surface area contributed by atoms with Crippen molar-refractivity contribution in [2.75, 3.05) is 10.7 Å². The molecule has 0 radical (unpaired) electrons. The van der Waals surface area contributed by atoms with Crippen LogP contribution >= 0.6 is 43.6 Å². The van der Waals surface area contributed by atoms with Crippen LogP contribution in [0.2, 0.25) is 0 Å². The number of hydrogen-bond acceptors (Lipinski definition) is 1. The highest BCUT2D eigenvalue weighted by Gasteiger charge is 2.32. The highest BCUT2D eigenvalue weighted by molar-refractivity contribution is 9.09. The fourth-order valence-electron chi connectivity index (χ4n) is 2.33. The number of halogens is 2. The average Bonchev–Trinajstić information content (AvgIpc) is 2.78. The maximum atomic E-state index is 3.70. The Balaban J connectivity index is 2.04. The van der Waals surface area contributed by atoms with E-state index in [2.05, 4.69) is 74.8 Å². The van der Waals surface area contributed by atoms with Crippen molar-refractivity contribution >= 4 is 43.6 Å². The number of fused-ring (bicyclic) bond motifs is 1. The van der Waals surface area contributed by atoms with Crippen molar-refractivity contribution in [3.05, 3.63) is 29.8 Å². The number of rotatable bonds is 5. The smallest absolute Gasteiger partial charge is 0.0141 e. The summed E-state index contributed by atoms with van der Waals surface area (Å²) in [6.45, 7) is 2.30. The minimum atomic E-state index is 0.416. The third kappa shape index (κ3) is 3.10. The number of alkyl halides is 2. The zero-order valence-electron chi connectivity index (χ0n) is 10.1. The molecule has 1 unspecified atom stereocenters. The molecule has 0 nitrogen and oxygen atoms in total. The van der Waals surface area contributed by atoms with E-state index in [0.29, 0.717) is 5.41 Å². The molecule has 0 fully saturated rings. The Hall–Kier alpha value is 0.530. The van der Waals surface area contributed by atoms with Crippen molar-refractivity contribution in [2.24, 2.45) is 5.41 Å². The van der Waals surface area contributed by atoms with E-state index >= 15 is 0 Å². The van der Waals surface area contributed by atoms with Gasteiger partial charge in [-0.3, -0.25) is 0 Å². The largest absolute Gasteiger partial charge is 0.122 e. The van der Waals surface area contributed by atoms with Gasteiger partial charge in [0, 0.05) is 20.8 Å². The van der Waals surface area contributed by atoms with Gasteiger partial charge in [-0.2, -0.15) is 0 Å². The summed E-state index contributed by atoms with van der Waals surface area (Å²) in [5, 5.41) is 2.94. The van der Waals surface area contributed by atoms with Crippen LogP contribution in [0.15, 0.2) is 29.2 Å². The topological polar surface area (TPSA) is 0 Å². The minimum absolute atomic E-state index is 0.416. The third-order valence-corrected chi connectivity index (χ3v) is 7.39. The molecular weight excluding hydrogens is 360 g/mol. The molecule has 1 aliphatic rings. The minimum Gasteiger partial charge on any atom is -0.122 e. The first-order valence-electron chi connectivity index (χ1n) is 6.09. The molecule has 0 N–H and O–H groups in total. The molecule has 3 heteroatoms. The summed E-state index contributed by atoms with van der Waals surface area (Å²) in [6, 6.07) is 8.84. The third-order valence-electron chi connectivity index (χ3n) is 3.69. The highest BCUT2D eigenvalue weighted by atomic mass is 79.9. The van der Waals surface area contributed by atoms with Crippen LogP contribution in [0, 0.1) is 5.41 Å². The second-order valence-electron chi connectivity index (χ2n) is 4.88. The Kier molecular flexibility index (Phi) is 5.02. The van der Waals surface area contributed by atoms with Gasteiger partial charge in [0.15, 0.2) is 0 Å². The molecule has 1 aromatic rings. The lowest BCUT2D eigenvalue weighted by molar-refractivity contribution is 0.341. The van der Waals surface area contributed by atoms with Crippen LogP contribution in [-0.4, -0.2) is 15.9 Å². The zero-order chi connectivity index (χ0) is 12.3. The van der Waals surface area contributed by atoms with E-state index in [1.165, 1.54) is 29.7 Å². The number of benzene rings is 1. The molecule has 2 rings (SSSR count). The van der Waals surface area contributed by atoms with E-state index in [-0.39, 0.29) is 0 Å². The summed E-state index contributed by atoms with van der Waals surface area (Å²) < 4.78 is 0. The number of hydrogen-bond donors (Lipinski definition) is 0. The van der Waals surface area contributed by atoms with Crippen LogP contribution in [0.5, 0.6) is 0 Å². The Morgan fingerprint density at radius 1 is 1.29 bits per heavy atom. The van der Waals surface area contributed by atoms with Crippen LogP contribution in [0.4, 0.5) is 0 Å². The van der Waals surface area contributed by atoms with Crippen LogP contribution in [-0.2, 0) is 6.42 Å². The van der Waals surface area contributed by atoms with Crippen molar-refractivity contribution in [2.45, 2.75) is 36.3 Å². The molecule has 0 bridgehead atoms. The van der Waals surface area contributed by atoms with E-state index in [4.69, 9.17) is 0 Å². The van der Waals surface area contributed by atoms with Crippen LogP contribution < -0.4 is 0 Å². The number of thioether (sulfide) groups is 1. The monoisotopic (exact) mass is 376 g/mol. The molecular formula is C14H18Br2S. The maximum absolute atomic E-state index is 3.70. The van der Waals surface area contributed by atoms with Gasteiger partial charge < -0.3 is 0 Å². The summed E-state index contributed by atoms with van der Waals surface area (Å²) >= 11 is 9.46. The van der Waals surface area contributed by atoms with E-state index in [1.54, 1.807) is 0 Å². The Morgan fingerprint density at radius 3 is 2.59 bits per heavy atom. The molecule has 0 amide bonds. The Labute approximate surface area is 125 Å². The standard InChI is InChI=1S/C14H18Br2S/c1-2-14(9-15,10-16)8-12-7-11-5-3-4-6-13(11)17-12/h3-6,12H,2,7-10H2,1H3. The van der Waals surface area contributed by atoms with Crippen LogP contribution in [0.3, 0.4) is 0 Å². The first kappa shape index (κ1) is 14.0. The van der Waals surface area contributed by atoms with Crippen molar-refractivity contribution < 1.29 is 0 Å². The van der Waals surface area contributed by atoms with Crippen molar-refractivity contribution in [3.63, 3.8) is 0 Å². The highest BCUT2D eigenvalue weighted by Crippen LogP contribution is 2.44. The van der Waals surface area contributed by atoms with Gasteiger partial charge in [0.05, 0.1) is 0 Å². The fraction of sp³-hybridized carbons (Fsp3) is 0.571.